The Morgan fingerprint density at radius 2 is 1.55 bits per heavy atom. The predicted molar refractivity (Wildman–Crippen MR) is 151 cm³/mol. The molecule has 0 aliphatic rings. The van der Waals surface area contributed by atoms with E-state index in [4.69, 9.17) is 4.74 Å². The van der Waals surface area contributed by atoms with Crippen molar-refractivity contribution in [3.8, 4) is 5.75 Å². The van der Waals surface area contributed by atoms with Crippen LogP contribution in [0.1, 0.15) is 47.8 Å². The van der Waals surface area contributed by atoms with Gasteiger partial charge in [0.25, 0.3) is 15.9 Å². The molecule has 3 rings (SSSR count). The minimum Gasteiger partial charge on any atom is -0.496 e. The number of aryl methyl sites for hydroxylation is 2. The number of sulfonamides is 1. The molecule has 38 heavy (non-hydrogen) atoms. The Morgan fingerprint density at radius 3 is 2.08 bits per heavy atom. The van der Waals surface area contributed by atoms with Crippen molar-refractivity contribution in [3.63, 3.8) is 0 Å². The van der Waals surface area contributed by atoms with E-state index in [1.807, 2.05) is 34.6 Å². The van der Waals surface area contributed by atoms with E-state index in [1.54, 1.807) is 55.6 Å². The van der Waals surface area contributed by atoms with Crippen molar-refractivity contribution in [3.05, 3.63) is 82.9 Å². The maximum absolute atomic E-state index is 13.8. The highest BCUT2D eigenvalue weighted by Gasteiger charge is 2.29. The van der Waals surface area contributed by atoms with Crippen molar-refractivity contribution < 1.29 is 22.7 Å². The molecule has 0 aromatic heterocycles. The van der Waals surface area contributed by atoms with Crippen LogP contribution in [0.15, 0.2) is 65.6 Å². The zero-order valence-corrected chi connectivity index (χ0v) is 23.7. The number of nitrogens with zero attached hydrogens (tertiary/aromatic N) is 1. The molecule has 0 atom stereocenters. The van der Waals surface area contributed by atoms with E-state index < -0.39 is 22.5 Å². The molecule has 2 amide bonds. The summed E-state index contributed by atoms with van der Waals surface area (Å²) in [4.78, 5) is 25.8. The van der Waals surface area contributed by atoms with E-state index in [2.05, 4.69) is 10.6 Å². The largest absolute Gasteiger partial charge is 0.496 e. The number of anilines is 2. The predicted octanol–water partition coefficient (Wildman–Crippen LogP) is 4.80. The summed E-state index contributed by atoms with van der Waals surface area (Å²) in [6.07, 6.45) is 0. The monoisotopic (exact) mass is 537 g/mol. The SMILES string of the molecule is CNC(=O)c1ccc(C(C)(C)C)c(NC(=O)CN(c2cc(C)c(OC)c(C)c2)S(=O)(=O)c2ccccc2)c1. The smallest absolute Gasteiger partial charge is 0.264 e. The first-order chi connectivity index (χ1) is 17.8. The number of carbonyl (C=O) groups excluding carboxylic acids is 2. The van der Waals surface area contributed by atoms with E-state index in [1.165, 1.54) is 19.2 Å². The van der Waals surface area contributed by atoms with Crippen LogP contribution in [0.2, 0.25) is 0 Å². The molecule has 0 fully saturated rings. The molecule has 0 heterocycles. The van der Waals surface area contributed by atoms with Crippen molar-refractivity contribution in [1.29, 1.82) is 0 Å². The molecule has 3 aromatic rings. The van der Waals surface area contributed by atoms with Gasteiger partial charge in [-0.15, -0.1) is 0 Å². The Kier molecular flexibility index (Phi) is 8.51. The number of amides is 2. The quantitative estimate of drug-likeness (QED) is 0.429. The lowest BCUT2D eigenvalue weighted by atomic mass is 9.85. The third-order valence-electron chi connectivity index (χ3n) is 6.15. The summed E-state index contributed by atoms with van der Waals surface area (Å²) in [5, 5.41) is 5.44. The second-order valence-electron chi connectivity index (χ2n) is 10.1. The zero-order chi connectivity index (χ0) is 28.3. The summed E-state index contributed by atoms with van der Waals surface area (Å²) in [5.41, 5.74) is 3.12. The Hall–Kier alpha value is -3.85. The highest BCUT2D eigenvalue weighted by atomic mass is 32.2. The van der Waals surface area contributed by atoms with Crippen molar-refractivity contribution in [2.45, 2.75) is 44.9 Å². The van der Waals surface area contributed by atoms with E-state index in [-0.39, 0.29) is 16.2 Å². The molecular formula is C29H35N3O5S. The fourth-order valence-electron chi connectivity index (χ4n) is 4.34. The minimum absolute atomic E-state index is 0.0657. The van der Waals surface area contributed by atoms with Crippen LogP contribution in [-0.4, -0.2) is 40.9 Å². The highest BCUT2D eigenvalue weighted by molar-refractivity contribution is 7.92. The second-order valence-corrected chi connectivity index (χ2v) is 11.9. The summed E-state index contributed by atoms with van der Waals surface area (Å²) in [7, 11) is -1.00. The van der Waals surface area contributed by atoms with E-state index in [0.717, 1.165) is 21.0 Å². The van der Waals surface area contributed by atoms with E-state index in [9.17, 15) is 18.0 Å². The van der Waals surface area contributed by atoms with Crippen molar-refractivity contribution in [2.24, 2.45) is 0 Å². The fourth-order valence-corrected chi connectivity index (χ4v) is 5.76. The summed E-state index contributed by atoms with van der Waals surface area (Å²) >= 11 is 0. The first-order valence-electron chi connectivity index (χ1n) is 12.2. The lowest BCUT2D eigenvalue weighted by Gasteiger charge is -2.27. The maximum atomic E-state index is 13.8. The molecule has 8 nitrogen and oxygen atoms in total. The number of nitrogens with one attached hydrogen (secondary N) is 2. The second kappa shape index (κ2) is 11.3. The van der Waals surface area contributed by atoms with Crippen molar-refractivity contribution in [1.82, 2.24) is 5.32 Å². The Labute approximate surface area is 225 Å². The molecule has 0 saturated carbocycles. The van der Waals surface area contributed by atoms with Gasteiger partial charge in [0.2, 0.25) is 5.91 Å². The molecule has 3 aromatic carbocycles. The number of benzene rings is 3. The van der Waals surface area contributed by atoms with Crippen LogP contribution in [0.5, 0.6) is 5.75 Å². The molecule has 0 unspecified atom stereocenters. The van der Waals surface area contributed by atoms with Gasteiger partial charge in [0.15, 0.2) is 0 Å². The molecular weight excluding hydrogens is 502 g/mol. The fraction of sp³-hybridized carbons (Fsp3) is 0.310. The van der Waals surface area contributed by atoms with Gasteiger partial charge in [0, 0.05) is 18.3 Å². The van der Waals surface area contributed by atoms with Crippen molar-refractivity contribution in [2.75, 3.05) is 30.3 Å². The number of hydrogen-bond acceptors (Lipinski definition) is 5. The van der Waals surface area contributed by atoms with E-state index in [0.29, 0.717) is 22.7 Å². The molecule has 0 saturated heterocycles. The molecule has 0 bridgehead atoms. The van der Waals surface area contributed by atoms with Crippen molar-refractivity contribution >= 4 is 33.2 Å². The number of rotatable bonds is 8. The molecule has 202 valence electrons. The minimum atomic E-state index is -4.09. The zero-order valence-electron chi connectivity index (χ0n) is 22.9. The summed E-state index contributed by atoms with van der Waals surface area (Å²) in [6, 6.07) is 16.5. The third-order valence-corrected chi connectivity index (χ3v) is 7.93. The van der Waals surface area contributed by atoms with Gasteiger partial charge < -0.3 is 15.4 Å². The van der Waals surface area contributed by atoms with Crippen LogP contribution in [0.3, 0.4) is 0 Å². The van der Waals surface area contributed by atoms with Gasteiger partial charge in [-0.05, 0) is 72.4 Å². The number of carbonyl (C=O) groups is 2. The molecule has 9 heteroatoms. The van der Waals surface area contributed by atoms with Crippen LogP contribution in [0.4, 0.5) is 11.4 Å². The molecule has 0 aliphatic heterocycles. The van der Waals surface area contributed by atoms with Crippen LogP contribution >= 0.6 is 0 Å². The molecule has 0 radical (unpaired) electrons. The lowest BCUT2D eigenvalue weighted by Crippen LogP contribution is -2.38. The van der Waals surface area contributed by atoms with Gasteiger partial charge in [-0.1, -0.05) is 45.0 Å². The maximum Gasteiger partial charge on any atom is 0.264 e. The lowest BCUT2D eigenvalue weighted by molar-refractivity contribution is -0.114. The van der Waals surface area contributed by atoms with Crippen LogP contribution in [0, 0.1) is 13.8 Å². The number of ether oxygens (including phenoxy) is 1. The average molecular weight is 538 g/mol. The molecule has 0 aliphatic carbocycles. The summed E-state index contributed by atoms with van der Waals surface area (Å²) in [5.74, 6) is -0.190. The van der Waals surface area contributed by atoms with Gasteiger partial charge in [-0.25, -0.2) is 8.42 Å². The van der Waals surface area contributed by atoms with Crippen LogP contribution < -0.4 is 19.7 Å². The first kappa shape index (κ1) is 28.7. The molecule has 0 spiro atoms. The average Bonchev–Trinajstić information content (AvgIpc) is 2.86. The topological polar surface area (TPSA) is 105 Å². The molecule has 2 N–H and O–H groups in total. The van der Waals surface area contributed by atoms with Gasteiger partial charge in [-0.3, -0.25) is 13.9 Å². The first-order valence-corrected chi connectivity index (χ1v) is 13.6. The summed E-state index contributed by atoms with van der Waals surface area (Å²) < 4.78 is 34.1. The highest BCUT2D eigenvalue weighted by Crippen LogP contribution is 2.33. The van der Waals surface area contributed by atoms with Gasteiger partial charge in [-0.2, -0.15) is 0 Å². The summed E-state index contributed by atoms with van der Waals surface area (Å²) in [6.45, 7) is 9.15. The van der Waals surface area contributed by atoms with Gasteiger partial charge in [0.05, 0.1) is 17.7 Å². The van der Waals surface area contributed by atoms with E-state index >= 15 is 0 Å². The Morgan fingerprint density at radius 1 is 0.947 bits per heavy atom. The standard InChI is InChI=1S/C29H35N3O5S/c1-19-15-22(16-20(2)27(19)37-7)32(38(35,36)23-11-9-8-10-12-23)18-26(33)31-25-17-21(28(34)30-6)13-14-24(25)29(3,4)5/h8-17H,18H2,1-7H3,(H,30,34)(H,31,33). The Balaban J connectivity index is 2.07. The Bertz CT molecular complexity index is 1420. The third kappa shape index (κ3) is 6.16. The van der Waals surface area contributed by atoms with Gasteiger partial charge >= 0.3 is 0 Å². The van der Waals surface area contributed by atoms with Gasteiger partial charge in [0.1, 0.15) is 12.3 Å². The van der Waals surface area contributed by atoms with Crippen LogP contribution in [0.25, 0.3) is 0 Å². The number of methoxy groups -OCH3 is 1. The number of hydrogen-bond donors (Lipinski definition) is 2. The van der Waals surface area contributed by atoms with Crippen LogP contribution in [-0.2, 0) is 20.2 Å². The normalized spacial score (nSPS) is 11.6.